The Labute approximate surface area is 109 Å². The Morgan fingerprint density at radius 2 is 2.28 bits per heavy atom. The highest BCUT2D eigenvalue weighted by Gasteiger charge is 2.23. The van der Waals surface area contributed by atoms with Gasteiger partial charge in [0.1, 0.15) is 0 Å². The molecule has 1 aromatic rings. The zero-order valence-electron chi connectivity index (χ0n) is 11.1. The molecule has 0 aliphatic carbocycles. The number of rotatable bonds is 2. The number of hydrogen-bond donors (Lipinski definition) is 1. The minimum absolute atomic E-state index is 0.541. The molecule has 2 atom stereocenters. The summed E-state index contributed by atoms with van der Waals surface area (Å²) in [4.78, 5) is 2.54. The van der Waals surface area contributed by atoms with Gasteiger partial charge in [0.15, 0.2) is 0 Å². The highest BCUT2D eigenvalue weighted by Crippen LogP contribution is 2.25. The lowest BCUT2D eigenvalue weighted by atomic mass is 10.1. The molecule has 1 fully saturated rings. The number of nitrogens with zero attached hydrogens (tertiary/aromatic N) is 1. The van der Waals surface area contributed by atoms with Crippen molar-refractivity contribution >= 4 is 5.69 Å². The molecule has 2 heterocycles. The van der Waals surface area contributed by atoms with Crippen LogP contribution in [-0.2, 0) is 11.3 Å². The first-order chi connectivity index (χ1) is 8.83. The number of hydrogen-bond acceptors (Lipinski definition) is 3. The van der Waals surface area contributed by atoms with Crippen LogP contribution < -0.4 is 10.2 Å². The number of benzene rings is 1. The van der Waals surface area contributed by atoms with E-state index in [0.29, 0.717) is 12.0 Å². The molecule has 3 heteroatoms. The largest absolute Gasteiger partial charge is 0.381 e. The van der Waals surface area contributed by atoms with Crippen LogP contribution in [0.5, 0.6) is 0 Å². The lowest BCUT2D eigenvalue weighted by Crippen LogP contribution is -2.38. The third-order valence-electron chi connectivity index (χ3n) is 3.97. The molecule has 98 valence electrons. The van der Waals surface area contributed by atoms with Gasteiger partial charge in [0.05, 0.1) is 6.61 Å². The van der Waals surface area contributed by atoms with Gasteiger partial charge in [0.2, 0.25) is 0 Å². The van der Waals surface area contributed by atoms with Crippen molar-refractivity contribution in [3.05, 3.63) is 29.8 Å². The van der Waals surface area contributed by atoms with Crippen molar-refractivity contribution in [2.45, 2.75) is 25.9 Å². The topological polar surface area (TPSA) is 24.5 Å². The molecule has 18 heavy (non-hydrogen) atoms. The van der Waals surface area contributed by atoms with Crippen LogP contribution in [-0.4, -0.2) is 32.3 Å². The molecular formula is C15H22N2O. The Morgan fingerprint density at radius 1 is 1.39 bits per heavy atom. The molecule has 1 saturated heterocycles. The van der Waals surface area contributed by atoms with Gasteiger partial charge in [-0.1, -0.05) is 18.2 Å². The highest BCUT2D eigenvalue weighted by atomic mass is 16.5. The number of nitrogens with one attached hydrogen (secondary N) is 1. The second kappa shape index (κ2) is 5.29. The summed E-state index contributed by atoms with van der Waals surface area (Å²) in [6, 6.07) is 9.31. The predicted molar refractivity (Wildman–Crippen MR) is 73.9 cm³/mol. The van der Waals surface area contributed by atoms with E-state index in [-0.39, 0.29) is 0 Å². The maximum atomic E-state index is 5.50. The van der Waals surface area contributed by atoms with E-state index >= 15 is 0 Å². The first-order valence-electron chi connectivity index (χ1n) is 6.97. The molecule has 0 bridgehead atoms. The van der Waals surface area contributed by atoms with Crippen LogP contribution in [0.2, 0.25) is 0 Å². The monoisotopic (exact) mass is 246 g/mol. The molecule has 1 N–H and O–H groups in total. The van der Waals surface area contributed by atoms with Gasteiger partial charge in [-0.2, -0.15) is 0 Å². The standard InChI is InChI=1S/C15H22N2O/c1-12-9-17(10-13-6-7-18-11-13)15-5-3-2-4-14(15)8-16-12/h2-5,12-13,16H,6-11H2,1H3. The van der Waals surface area contributed by atoms with E-state index in [1.807, 2.05) is 0 Å². The Hall–Kier alpha value is -1.06. The number of anilines is 1. The summed E-state index contributed by atoms with van der Waals surface area (Å²) in [6.07, 6.45) is 1.21. The van der Waals surface area contributed by atoms with Crippen LogP contribution in [0.15, 0.2) is 24.3 Å². The second-order valence-electron chi connectivity index (χ2n) is 5.55. The number of ether oxygens (including phenoxy) is 1. The molecule has 2 aliphatic rings. The fourth-order valence-electron chi connectivity index (χ4n) is 2.96. The van der Waals surface area contributed by atoms with E-state index in [1.165, 1.54) is 17.7 Å². The smallest absolute Gasteiger partial charge is 0.0512 e. The van der Waals surface area contributed by atoms with Crippen molar-refractivity contribution < 1.29 is 4.74 Å². The van der Waals surface area contributed by atoms with Crippen LogP contribution in [0.1, 0.15) is 18.9 Å². The molecule has 1 aromatic carbocycles. The Balaban J connectivity index is 1.81. The van der Waals surface area contributed by atoms with Crippen molar-refractivity contribution in [2.24, 2.45) is 5.92 Å². The fraction of sp³-hybridized carbons (Fsp3) is 0.600. The van der Waals surface area contributed by atoms with Crippen LogP contribution >= 0.6 is 0 Å². The summed E-state index contributed by atoms with van der Waals surface area (Å²) >= 11 is 0. The summed E-state index contributed by atoms with van der Waals surface area (Å²) in [7, 11) is 0. The predicted octanol–water partition coefficient (Wildman–Crippen LogP) is 2.02. The van der Waals surface area contributed by atoms with Gasteiger partial charge < -0.3 is 15.0 Å². The normalized spacial score (nSPS) is 27.9. The van der Waals surface area contributed by atoms with Gasteiger partial charge in [-0.25, -0.2) is 0 Å². The number of fused-ring (bicyclic) bond motifs is 1. The van der Waals surface area contributed by atoms with Crippen molar-refractivity contribution in [1.82, 2.24) is 5.32 Å². The van der Waals surface area contributed by atoms with E-state index in [1.54, 1.807) is 0 Å². The molecule has 0 amide bonds. The lowest BCUT2D eigenvalue weighted by Gasteiger charge is -2.28. The third kappa shape index (κ3) is 2.52. The molecule has 0 spiro atoms. The Kier molecular flexibility index (Phi) is 3.52. The molecule has 0 saturated carbocycles. The van der Waals surface area contributed by atoms with Crippen molar-refractivity contribution in [2.75, 3.05) is 31.2 Å². The average molecular weight is 246 g/mol. The summed E-state index contributed by atoms with van der Waals surface area (Å²) < 4.78 is 5.50. The molecule has 0 aromatic heterocycles. The van der Waals surface area contributed by atoms with Gasteiger partial charge in [-0.3, -0.25) is 0 Å². The second-order valence-corrected chi connectivity index (χ2v) is 5.55. The third-order valence-corrected chi connectivity index (χ3v) is 3.97. The van der Waals surface area contributed by atoms with Crippen molar-refractivity contribution in [3.63, 3.8) is 0 Å². The SMILES string of the molecule is CC1CN(CC2CCOC2)c2ccccc2CN1. The molecule has 2 unspecified atom stereocenters. The number of para-hydroxylation sites is 1. The zero-order valence-corrected chi connectivity index (χ0v) is 11.1. The van der Waals surface area contributed by atoms with Gasteiger partial charge in [0, 0.05) is 43.9 Å². The van der Waals surface area contributed by atoms with E-state index in [4.69, 9.17) is 4.74 Å². The quantitative estimate of drug-likeness (QED) is 0.864. The average Bonchev–Trinajstić information content (AvgIpc) is 2.83. The highest BCUT2D eigenvalue weighted by molar-refractivity contribution is 5.54. The minimum Gasteiger partial charge on any atom is -0.381 e. The molecular weight excluding hydrogens is 224 g/mol. The van der Waals surface area contributed by atoms with Gasteiger partial charge >= 0.3 is 0 Å². The molecule has 2 aliphatic heterocycles. The van der Waals surface area contributed by atoms with Gasteiger partial charge in [-0.15, -0.1) is 0 Å². The molecule has 3 nitrogen and oxygen atoms in total. The van der Waals surface area contributed by atoms with E-state index in [9.17, 15) is 0 Å². The van der Waals surface area contributed by atoms with Crippen molar-refractivity contribution in [1.29, 1.82) is 0 Å². The summed E-state index contributed by atoms with van der Waals surface area (Å²) in [6.45, 7) is 7.34. The first kappa shape index (κ1) is 12.0. The Morgan fingerprint density at radius 3 is 3.11 bits per heavy atom. The van der Waals surface area contributed by atoms with Crippen LogP contribution in [0, 0.1) is 5.92 Å². The summed E-state index contributed by atoms with van der Waals surface area (Å²) in [5.41, 5.74) is 2.82. The minimum atomic E-state index is 0.541. The van der Waals surface area contributed by atoms with Crippen LogP contribution in [0.3, 0.4) is 0 Å². The molecule has 3 rings (SSSR count). The van der Waals surface area contributed by atoms with E-state index in [0.717, 1.165) is 32.8 Å². The van der Waals surface area contributed by atoms with Crippen LogP contribution in [0.4, 0.5) is 5.69 Å². The van der Waals surface area contributed by atoms with Crippen LogP contribution in [0.25, 0.3) is 0 Å². The maximum Gasteiger partial charge on any atom is 0.0512 e. The van der Waals surface area contributed by atoms with Gasteiger partial charge in [0.25, 0.3) is 0 Å². The van der Waals surface area contributed by atoms with E-state index in [2.05, 4.69) is 41.4 Å². The fourth-order valence-corrected chi connectivity index (χ4v) is 2.96. The zero-order chi connectivity index (χ0) is 12.4. The maximum absolute atomic E-state index is 5.50. The first-order valence-corrected chi connectivity index (χ1v) is 6.97. The Bertz CT molecular complexity index is 401. The molecule has 0 radical (unpaired) electrons. The summed E-state index contributed by atoms with van der Waals surface area (Å²) in [5.74, 6) is 0.698. The van der Waals surface area contributed by atoms with E-state index < -0.39 is 0 Å². The van der Waals surface area contributed by atoms with Crippen molar-refractivity contribution in [3.8, 4) is 0 Å². The summed E-state index contributed by atoms with van der Waals surface area (Å²) in [5, 5.41) is 3.58. The lowest BCUT2D eigenvalue weighted by molar-refractivity contribution is 0.186. The van der Waals surface area contributed by atoms with Gasteiger partial charge in [-0.05, 0) is 25.0 Å².